The zero-order valence-electron chi connectivity index (χ0n) is 22.6. The first-order chi connectivity index (χ1) is 20.9. The number of hydrogen-bond acceptors (Lipinski definition) is 3. The van der Waals surface area contributed by atoms with E-state index >= 15 is 0 Å². The van der Waals surface area contributed by atoms with E-state index in [4.69, 9.17) is 0 Å². The van der Waals surface area contributed by atoms with Crippen molar-refractivity contribution in [3.8, 4) is 27.9 Å². The molecule has 0 amide bonds. The Hall–Kier alpha value is -5.74. The maximum atomic E-state index is 4.34. The molecule has 0 atom stereocenters. The molecule has 0 saturated heterocycles. The van der Waals surface area contributed by atoms with Gasteiger partial charge in [-0.05, 0) is 70.6 Å². The predicted molar refractivity (Wildman–Crippen MR) is 173 cm³/mol. The summed E-state index contributed by atoms with van der Waals surface area (Å²) in [5.74, 6) is 0. The fourth-order valence-corrected chi connectivity index (χ4v) is 6.74. The molecule has 4 heteroatoms. The van der Waals surface area contributed by atoms with Gasteiger partial charge >= 0.3 is 0 Å². The van der Waals surface area contributed by atoms with Gasteiger partial charge in [0.05, 0.1) is 22.4 Å². The van der Waals surface area contributed by atoms with Crippen LogP contribution in [0.25, 0.3) is 60.5 Å². The molecule has 5 aromatic carbocycles. The van der Waals surface area contributed by atoms with Crippen LogP contribution in [0.15, 0.2) is 146 Å². The molecule has 4 heterocycles. The lowest BCUT2D eigenvalue weighted by atomic mass is 9.86. The minimum Gasteiger partial charge on any atom is -0.309 e. The molecule has 0 spiro atoms. The number of benzene rings is 5. The third-order valence-electron chi connectivity index (χ3n) is 8.51. The third kappa shape index (κ3) is 3.23. The summed E-state index contributed by atoms with van der Waals surface area (Å²) in [6.07, 6.45) is 7.47. The SMILES string of the molecule is c1ccc(-c2ccc3c4c(cccc24)N(c2ccncc2)c2cc4c(cc2-3)c2ccccc2n4-c2ccncc2)cc1. The van der Waals surface area contributed by atoms with Crippen LogP contribution < -0.4 is 4.90 Å². The fraction of sp³-hybridized carbons (Fsp3) is 0. The second-order valence-electron chi connectivity index (χ2n) is 10.7. The number of nitrogens with zero attached hydrogens (tertiary/aromatic N) is 4. The van der Waals surface area contributed by atoms with Gasteiger partial charge in [0, 0.05) is 57.9 Å². The highest BCUT2D eigenvalue weighted by molar-refractivity contribution is 6.20. The smallest absolute Gasteiger partial charge is 0.0562 e. The lowest BCUT2D eigenvalue weighted by Crippen LogP contribution is -2.15. The van der Waals surface area contributed by atoms with Gasteiger partial charge in [-0.3, -0.25) is 9.97 Å². The van der Waals surface area contributed by atoms with E-state index in [-0.39, 0.29) is 0 Å². The van der Waals surface area contributed by atoms with Gasteiger partial charge in [-0.25, -0.2) is 0 Å². The van der Waals surface area contributed by atoms with Crippen LogP contribution in [0.3, 0.4) is 0 Å². The molecule has 0 unspecified atom stereocenters. The van der Waals surface area contributed by atoms with Gasteiger partial charge in [0.25, 0.3) is 0 Å². The van der Waals surface area contributed by atoms with Crippen molar-refractivity contribution in [3.05, 3.63) is 146 Å². The highest BCUT2D eigenvalue weighted by Gasteiger charge is 2.28. The summed E-state index contributed by atoms with van der Waals surface area (Å²) >= 11 is 0. The zero-order valence-corrected chi connectivity index (χ0v) is 22.6. The normalized spacial score (nSPS) is 12.2. The van der Waals surface area contributed by atoms with Crippen molar-refractivity contribution in [1.82, 2.24) is 14.5 Å². The van der Waals surface area contributed by atoms with Crippen molar-refractivity contribution >= 4 is 49.6 Å². The van der Waals surface area contributed by atoms with E-state index in [0.29, 0.717) is 0 Å². The lowest BCUT2D eigenvalue weighted by Gasteiger charge is -2.34. The van der Waals surface area contributed by atoms with Gasteiger partial charge in [0.15, 0.2) is 0 Å². The summed E-state index contributed by atoms with van der Waals surface area (Å²) < 4.78 is 2.35. The van der Waals surface area contributed by atoms with Crippen LogP contribution in [0.5, 0.6) is 0 Å². The Morgan fingerprint density at radius 3 is 1.93 bits per heavy atom. The molecule has 8 aromatic rings. The largest absolute Gasteiger partial charge is 0.309 e. The summed E-state index contributed by atoms with van der Waals surface area (Å²) in [6, 6.07) is 43.7. The maximum absolute atomic E-state index is 4.34. The van der Waals surface area contributed by atoms with Crippen molar-refractivity contribution < 1.29 is 0 Å². The first-order valence-electron chi connectivity index (χ1n) is 14.2. The van der Waals surface area contributed by atoms with Crippen LogP contribution in [-0.2, 0) is 0 Å². The molecule has 0 aliphatic carbocycles. The van der Waals surface area contributed by atoms with E-state index in [2.05, 4.69) is 141 Å². The van der Waals surface area contributed by atoms with Crippen molar-refractivity contribution in [2.24, 2.45) is 0 Å². The topological polar surface area (TPSA) is 34.0 Å². The molecule has 0 bridgehead atoms. The van der Waals surface area contributed by atoms with Crippen LogP contribution in [0.4, 0.5) is 17.1 Å². The molecule has 3 aromatic heterocycles. The van der Waals surface area contributed by atoms with E-state index in [0.717, 1.165) is 22.6 Å². The van der Waals surface area contributed by atoms with Gasteiger partial charge in [0.1, 0.15) is 0 Å². The van der Waals surface area contributed by atoms with E-state index in [1.54, 1.807) is 0 Å². The van der Waals surface area contributed by atoms with Crippen molar-refractivity contribution in [2.45, 2.75) is 0 Å². The minimum absolute atomic E-state index is 1.08. The number of para-hydroxylation sites is 1. The Morgan fingerprint density at radius 2 is 1.12 bits per heavy atom. The molecule has 1 aliphatic heterocycles. The highest BCUT2D eigenvalue weighted by Crippen LogP contribution is 2.54. The summed E-state index contributed by atoms with van der Waals surface area (Å²) in [6.45, 7) is 0. The van der Waals surface area contributed by atoms with Crippen molar-refractivity contribution in [1.29, 1.82) is 0 Å². The summed E-state index contributed by atoms with van der Waals surface area (Å²) in [5.41, 5.74) is 11.8. The van der Waals surface area contributed by atoms with E-state index < -0.39 is 0 Å². The molecule has 0 saturated carbocycles. The Balaban J connectivity index is 1.43. The predicted octanol–water partition coefficient (Wildman–Crippen LogP) is 9.84. The van der Waals surface area contributed by atoms with Crippen molar-refractivity contribution in [3.63, 3.8) is 0 Å². The molecule has 4 nitrogen and oxygen atoms in total. The standard InChI is InChI=1S/C38H24N4/c1-2-7-25(8-3-1)28-13-14-31-33-23-32-29-9-4-5-11-34(29)41(26-15-19-39-20-16-26)36(32)24-37(33)42(27-17-21-40-22-18-27)35-12-6-10-30(28)38(31)35/h1-24H. The molecule has 1 aliphatic rings. The number of pyridine rings is 2. The average Bonchev–Trinajstić information content (AvgIpc) is 3.38. The molecule has 196 valence electrons. The Labute approximate surface area is 242 Å². The Bertz CT molecular complexity index is 2290. The van der Waals surface area contributed by atoms with Crippen LogP contribution >= 0.6 is 0 Å². The summed E-state index contributed by atoms with van der Waals surface area (Å²) in [5, 5.41) is 4.98. The summed E-state index contributed by atoms with van der Waals surface area (Å²) in [4.78, 5) is 11.0. The monoisotopic (exact) mass is 536 g/mol. The minimum atomic E-state index is 1.08. The third-order valence-corrected chi connectivity index (χ3v) is 8.51. The van der Waals surface area contributed by atoms with Crippen molar-refractivity contribution in [2.75, 3.05) is 4.90 Å². The molecule has 9 rings (SSSR count). The maximum Gasteiger partial charge on any atom is 0.0562 e. The van der Waals surface area contributed by atoms with Gasteiger partial charge < -0.3 is 9.47 Å². The quantitative estimate of drug-likeness (QED) is 0.225. The first-order valence-corrected chi connectivity index (χ1v) is 14.2. The van der Waals surface area contributed by atoms with Gasteiger partial charge in [-0.1, -0.05) is 72.8 Å². The highest BCUT2D eigenvalue weighted by atomic mass is 15.2. The van der Waals surface area contributed by atoms with Crippen LogP contribution in [0.1, 0.15) is 0 Å². The second-order valence-corrected chi connectivity index (χ2v) is 10.7. The molecule has 42 heavy (non-hydrogen) atoms. The molecule has 0 N–H and O–H groups in total. The first kappa shape index (κ1) is 23.0. The van der Waals surface area contributed by atoms with Crippen LogP contribution in [-0.4, -0.2) is 14.5 Å². The zero-order chi connectivity index (χ0) is 27.6. The van der Waals surface area contributed by atoms with Gasteiger partial charge in [-0.2, -0.15) is 0 Å². The van der Waals surface area contributed by atoms with Crippen LogP contribution in [0.2, 0.25) is 0 Å². The second kappa shape index (κ2) is 8.88. The molecule has 0 radical (unpaired) electrons. The molecular formula is C38H24N4. The summed E-state index contributed by atoms with van der Waals surface area (Å²) in [7, 11) is 0. The lowest BCUT2D eigenvalue weighted by molar-refractivity contribution is 1.15. The number of aromatic nitrogens is 3. The van der Waals surface area contributed by atoms with E-state index in [1.807, 2.05) is 24.8 Å². The molecule has 0 fully saturated rings. The van der Waals surface area contributed by atoms with Crippen LogP contribution in [0, 0.1) is 0 Å². The van der Waals surface area contributed by atoms with E-state index in [9.17, 15) is 0 Å². The number of fused-ring (bicyclic) bond motifs is 5. The fourth-order valence-electron chi connectivity index (χ4n) is 6.74. The van der Waals surface area contributed by atoms with E-state index in [1.165, 1.54) is 55.0 Å². The average molecular weight is 537 g/mol. The Morgan fingerprint density at radius 1 is 0.429 bits per heavy atom. The number of anilines is 3. The Kier molecular flexibility index (Phi) is 4.87. The van der Waals surface area contributed by atoms with Gasteiger partial charge in [-0.15, -0.1) is 0 Å². The van der Waals surface area contributed by atoms with Gasteiger partial charge in [0.2, 0.25) is 0 Å². The number of hydrogen-bond donors (Lipinski definition) is 0. The number of rotatable bonds is 3. The molecular weight excluding hydrogens is 512 g/mol.